The maximum atomic E-state index is 10.5. The summed E-state index contributed by atoms with van der Waals surface area (Å²) < 4.78 is 0. The van der Waals surface area contributed by atoms with E-state index < -0.39 is 5.97 Å². The van der Waals surface area contributed by atoms with Crippen LogP contribution in [0.4, 0.5) is 5.82 Å². The van der Waals surface area contributed by atoms with Crippen molar-refractivity contribution in [1.29, 1.82) is 0 Å². The highest BCUT2D eigenvalue weighted by Gasteiger charge is 2.03. The van der Waals surface area contributed by atoms with E-state index in [0.29, 0.717) is 5.82 Å². The summed E-state index contributed by atoms with van der Waals surface area (Å²) in [5, 5.41) is 20.2. The predicted molar refractivity (Wildman–Crippen MR) is 58.4 cm³/mol. The third kappa shape index (κ3) is 4.22. The van der Waals surface area contributed by atoms with E-state index in [1.165, 1.54) is 12.4 Å². The van der Waals surface area contributed by atoms with Gasteiger partial charge < -0.3 is 15.5 Å². The number of unbranched alkanes of at least 4 members (excludes halogenated alkanes) is 2. The lowest BCUT2D eigenvalue weighted by atomic mass is 10.2. The van der Waals surface area contributed by atoms with Crippen LogP contribution in [-0.4, -0.2) is 39.3 Å². The summed E-state index contributed by atoms with van der Waals surface area (Å²) in [6, 6.07) is 0. The van der Waals surface area contributed by atoms with Crippen molar-refractivity contribution in [3.8, 4) is 0 Å². The molecule has 3 N–H and O–H groups in total. The fraction of sp³-hybridized carbons (Fsp3) is 0.500. The second-order valence-electron chi connectivity index (χ2n) is 3.30. The minimum Gasteiger partial charge on any atom is -0.476 e. The van der Waals surface area contributed by atoms with E-state index in [9.17, 15) is 4.79 Å². The summed E-state index contributed by atoms with van der Waals surface area (Å²) in [7, 11) is 0. The lowest BCUT2D eigenvalue weighted by Crippen LogP contribution is -2.06. The number of carboxylic acid groups (broad SMARTS) is 1. The maximum absolute atomic E-state index is 10.5. The third-order valence-corrected chi connectivity index (χ3v) is 2.01. The fourth-order valence-corrected chi connectivity index (χ4v) is 1.16. The Bertz CT molecular complexity index is 327. The largest absolute Gasteiger partial charge is 0.476 e. The Morgan fingerprint density at radius 3 is 2.62 bits per heavy atom. The van der Waals surface area contributed by atoms with Gasteiger partial charge in [-0.15, -0.1) is 0 Å². The van der Waals surface area contributed by atoms with E-state index in [-0.39, 0.29) is 12.3 Å². The molecule has 6 heteroatoms. The van der Waals surface area contributed by atoms with Crippen LogP contribution in [0.1, 0.15) is 29.8 Å². The van der Waals surface area contributed by atoms with Gasteiger partial charge in [0.2, 0.25) is 0 Å². The highest BCUT2D eigenvalue weighted by atomic mass is 16.4. The van der Waals surface area contributed by atoms with E-state index >= 15 is 0 Å². The van der Waals surface area contributed by atoms with Crippen LogP contribution in [0.3, 0.4) is 0 Å². The van der Waals surface area contributed by atoms with Crippen LogP contribution in [0, 0.1) is 0 Å². The van der Waals surface area contributed by atoms with E-state index in [1.807, 2.05) is 0 Å². The first-order valence-corrected chi connectivity index (χ1v) is 5.14. The van der Waals surface area contributed by atoms with Gasteiger partial charge in [0.05, 0.1) is 12.4 Å². The average Bonchev–Trinajstić information content (AvgIpc) is 2.29. The van der Waals surface area contributed by atoms with Gasteiger partial charge in [-0.2, -0.15) is 0 Å². The van der Waals surface area contributed by atoms with Gasteiger partial charge in [0.1, 0.15) is 5.82 Å². The molecule has 0 saturated carbocycles. The first kappa shape index (κ1) is 12.4. The Labute approximate surface area is 93.4 Å². The standard InChI is InChI=1S/C10H15N3O3/c14-5-3-1-2-4-11-9-7-12-8(6-13-9)10(15)16/h6-7,14H,1-5H2,(H,11,13)(H,15,16). The number of aromatic carboxylic acids is 1. The van der Waals surface area contributed by atoms with Crippen molar-refractivity contribution in [1.82, 2.24) is 9.97 Å². The van der Waals surface area contributed by atoms with E-state index in [2.05, 4.69) is 15.3 Å². The Kier molecular flexibility index (Phi) is 5.21. The van der Waals surface area contributed by atoms with Gasteiger partial charge in [0, 0.05) is 13.2 Å². The van der Waals surface area contributed by atoms with Gasteiger partial charge in [-0.3, -0.25) is 0 Å². The Morgan fingerprint density at radius 2 is 2.06 bits per heavy atom. The summed E-state index contributed by atoms with van der Waals surface area (Å²) >= 11 is 0. The van der Waals surface area contributed by atoms with Crippen LogP contribution in [0.15, 0.2) is 12.4 Å². The lowest BCUT2D eigenvalue weighted by molar-refractivity contribution is 0.0690. The number of anilines is 1. The predicted octanol–water partition coefficient (Wildman–Crippen LogP) is 0.749. The first-order chi connectivity index (χ1) is 7.74. The Morgan fingerprint density at radius 1 is 1.25 bits per heavy atom. The number of aliphatic hydroxyl groups is 1. The Hall–Kier alpha value is -1.69. The number of carboxylic acids is 1. The number of nitrogens with one attached hydrogen (secondary N) is 1. The molecule has 1 rings (SSSR count). The molecule has 0 aliphatic carbocycles. The van der Waals surface area contributed by atoms with Crippen LogP contribution in [-0.2, 0) is 0 Å². The highest BCUT2D eigenvalue weighted by Crippen LogP contribution is 2.02. The molecule has 1 heterocycles. The average molecular weight is 225 g/mol. The molecule has 16 heavy (non-hydrogen) atoms. The number of nitrogens with zero attached hydrogens (tertiary/aromatic N) is 2. The molecule has 0 atom stereocenters. The molecular formula is C10H15N3O3. The zero-order valence-electron chi connectivity index (χ0n) is 8.89. The molecule has 88 valence electrons. The van der Waals surface area contributed by atoms with Crippen molar-refractivity contribution in [2.45, 2.75) is 19.3 Å². The molecule has 0 unspecified atom stereocenters. The van der Waals surface area contributed by atoms with Crippen molar-refractivity contribution < 1.29 is 15.0 Å². The summed E-state index contributed by atoms with van der Waals surface area (Å²) in [6.07, 6.45) is 5.30. The normalized spacial score (nSPS) is 10.1. The van der Waals surface area contributed by atoms with E-state index in [0.717, 1.165) is 25.8 Å². The molecular weight excluding hydrogens is 210 g/mol. The van der Waals surface area contributed by atoms with Gasteiger partial charge in [-0.25, -0.2) is 14.8 Å². The van der Waals surface area contributed by atoms with Crippen molar-refractivity contribution in [3.05, 3.63) is 18.1 Å². The maximum Gasteiger partial charge on any atom is 0.356 e. The van der Waals surface area contributed by atoms with Gasteiger partial charge in [0.15, 0.2) is 5.69 Å². The van der Waals surface area contributed by atoms with Crippen LogP contribution in [0.2, 0.25) is 0 Å². The topological polar surface area (TPSA) is 95.3 Å². The summed E-state index contributed by atoms with van der Waals surface area (Å²) in [6.45, 7) is 0.953. The van der Waals surface area contributed by atoms with Crippen molar-refractivity contribution >= 4 is 11.8 Å². The molecule has 1 aromatic rings. The number of hydrogen-bond donors (Lipinski definition) is 3. The molecule has 6 nitrogen and oxygen atoms in total. The Balaban J connectivity index is 2.29. The van der Waals surface area contributed by atoms with Gasteiger partial charge in [-0.05, 0) is 19.3 Å². The second kappa shape index (κ2) is 6.73. The highest BCUT2D eigenvalue weighted by molar-refractivity contribution is 5.84. The monoisotopic (exact) mass is 225 g/mol. The number of aromatic nitrogens is 2. The fourth-order valence-electron chi connectivity index (χ4n) is 1.16. The smallest absolute Gasteiger partial charge is 0.356 e. The minimum atomic E-state index is -1.08. The van der Waals surface area contributed by atoms with Crippen LogP contribution < -0.4 is 5.32 Å². The SMILES string of the molecule is O=C(O)c1cnc(NCCCCCO)cn1. The van der Waals surface area contributed by atoms with Crippen LogP contribution in [0.25, 0.3) is 0 Å². The zero-order valence-corrected chi connectivity index (χ0v) is 8.89. The van der Waals surface area contributed by atoms with Crippen molar-refractivity contribution in [3.63, 3.8) is 0 Å². The lowest BCUT2D eigenvalue weighted by Gasteiger charge is -2.04. The molecule has 0 saturated heterocycles. The van der Waals surface area contributed by atoms with Crippen molar-refractivity contribution in [2.75, 3.05) is 18.5 Å². The summed E-state index contributed by atoms with van der Waals surface area (Å²) in [4.78, 5) is 18.1. The molecule has 0 aliphatic heterocycles. The molecule has 0 amide bonds. The van der Waals surface area contributed by atoms with Crippen LogP contribution in [0.5, 0.6) is 0 Å². The van der Waals surface area contributed by atoms with Gasteiger partial charge in [-0.1, -0.05) is 0 Å². The van der Waals surface area contributed by atoms with E-state index in [4.69, 9.17) is 10.2 Å². The summed E-state index contributed by atoms with van der Waals surface area (Å²) in [5.41, 5.74) is -0.0640. The second-order valence-corrected chi connectivity index (χ2v) is 3.30. The molecule has 0 fully saturated rings. The van der Waals surface area contributed by atoms with Crippen molar-refractivity contribution in [2.24, 2.45) is 0 Å². The summed E-state index contributed by atoms with van der Waals surface area (Å²) in [5.74, 6) is -0.518. The minimum absolute atomic E-state index is 0.0640. The number of hydrogen-bond acceptors (Lipinski definition) is 5. The third-order valence-electron chi connectivity index (χ3n) is 2.01. The van der Waals surface area contributed by atoms with Gasteiger partial charge in [0.25, 0.3) is 0 Å². The number of carbonyl (C=O) groups is 1. The zero-order chi connectivity index (χ0) is 11.8. The quantitative estimate of drug-likeness (QED) is 0.593. The molecule has 0 aromatic carbocycles. The van der Waals surface area contributed by atoms with Crippen LogP contribution >= 0.6 is 0 Å². The molecule has 0 aliphatic rings. The van der Waals surface area contributed by atoms with E-state index in [1.54, 1.807) is 0 Å². The molecule has 1 aromatic heterocycles. The van der Waals surface area contributed by atoms with Gasteiger partial charge >= 0.3 is 5.97 Å². The molecule has 0 radical (unpaired) electrons. The molecule has 0 spiro atoms. The first-order valence-electron chi connectivity index (χ1n) is 5.14. The number of rotatable bonds is 7. The number of aliphatic hydroxyl groups excluding tert-OH is 1. The molecule has 0 bridgehead atoms.